The van der Waals surface area contributed by atoms with Crippen LogP contribution in [0.15, 0.2) is 53.1 Å². The average Bonchev–Trinajstić information content (AvgIpc) is 3.24. The summed E-state index contributed by atoms with van der Waals surface area (Å²) >= 11 is 0. The van der Waals surface area contributed by atoms with Crippen LogP contribution in [0.5, 0.6) is 0 Å². The molecule has 1 aromatic carbocycles. The highest BCUT2D eigenvalue weighted by atomic mass is 16.3. The first-order chi connectivity index (χ1) is 12.7. The molecule has 5 heteroatoms. The number of rotatable bonds is 7. The number of hydrogen-bond donors (Lipinski definition) is 0. The second-order valence-corrected chi connectivity index (χ2v) is 7.25. The third kappa shape index (κ3) is 3.82. The van der Waals surface area contributed by atoms with Crippen molar-refractivity contribution >= 4 is 11.8 Å². The number of amides is 2. The van der Waals surface area contributed by atoms with Gasteiger partial charge < -0.3 is 14.2 Å². The van der Waals surface area contributed by atoms with Crippen molar-refractivity contribution in [3.63, 3.8) is 0 Å². The third-order valence-electron chi connectivity index (χ3n) is 5.25. The zero-order valence-corrected chi connectivity index (χ0v) is 14.8. The molecule has 136 valence electrons. The minimum Gasteiger partial charge on any atom is -0.467 e. The predicted octanol–water partition coefficient (Wildman–Crippen LogP) is 2.86. The van der Waals surface area contributed by atoms with Gasteiger partial charge in [0.1, 0.15) is 5.76 Å². The lowest BCUT2D eigenvalue weighted by molar-refractivity contribution is -0.137. The third-order valence-corrected chi connectivity index (χ3v) is 5.25. The van der Waals surface area contributed by atoms with E-state index in [-0.39, 0.29) is 17.7 Å². The molecule has 2 aliphatic rings. The first-order valence-corrected chi connectivity index (χ1v) is 9.35. The normalized spacial score (nSPS) is 19.8. The molecule has 0 radical (unpaired) electrons. The van der Waals surface area contributed by atoms with E-state index in [2.05, 4.69) is 12.1 Å². The van der Waals surface area contributed by atoms with Crippen molar-refractivity contribution in [2.24, 2.45) is 5.92 Å². The fourth-order valence-corrected chi connectivity index (χ4v) is 3.64. The lowest BCUT2D eigenvalue weighted by Gasteiger charge is -2.24. The summed E-state index contributed by atoms with van der Waals surface area (Å²) in [5, 5.41) is 0. The maximum atomic E-state index is 13.0. The highest BCUT2D eigenvalue weighted by Crippen LogP contribution is 2.32. The number of hydrogen-bond acceptors (Lipinski definition) is 3. The SMILES string of the molecule is O=C1CC(C(=O)N(Cc2ccco2)C2CC2)CN1CCc1ccccc1. The molecule has 1 aliphatic heterocycles. The minimum absolute atomic E-state index is 0.0908. The summed E-state index contributed by atoms with van der Waals surface area (Å²) in [5.41, 5.74) is 1.22. The molecule has 2 amide bonds. The Morgan fingerprint density at radius 3 is 2.65 bits per heavy atom. The molecule has 0 bridgehead atoms. The van der Waals surface area contributed by atoms with Gasteiger partial charge in [-0.25, -0.2) is 0 Å². The first kappa shape index (κ1) is 16.9. The van der Waals surface area contributed by atoms with Gasteiger partial charge in [0.15, 0.2) is 0 Å². The Bertz CT molecular complexity index is 753. The Morgan fingerprint density at radius 1 is 1.15 bits per heavy atom. The summed E-state index contributed by atoms with van der Waals surface area (Å²) in [5.74, 6) is 0.761. The van der Waals surface area contributed by atoms with Gasteiger partial charge in [-0.3, -0.25) is 9.59 Å². The van der Waals surface area contributed by atoms with Crippen molar-refractivity contribution in [2.75, 3.05) is 13.1 Å². The van der Waals surface area contributed by atoms with Crippen molar-refractivity contribution in [3.05, 3.63) is 60.1 Å². The Kier molecular flexibility index (Phi) is 4.78. The molecule has 1 saturated carbocycles. The fraction of sp³-hybridized carbons (Fsp3) is 0.429. The van der Waals surface area contributed by atoms with E-state index < -0.39 is 0 Å². The van der Waals surface area contributed by atoms with E-state index in [0.29, 0.717) is 32.1 Å². The summed E-state index contributed by atoms with van der Waals surface area (Å²) in [6.07, 6.45) is 4.88. The average molecular weight is 352 g/mol. The molecular weight excluding hydrogens is 328 g/mol. The van der Waals surface area contributed by atoms with Crippen molar-refractivity contribution in [2.45, 2.75) is 38.3 Å². The summed E-state index contributed by atoms with van der Waals surface area (Å²) in [6.45, 7) is 1.71. The molecule has 0 N–H and O–H groups in total. The van der Waals surface area contributed by atoms with Crippen molar-refractivity contribution < 1.29 is 14.0 Å². The van der Waals surface area contributed by atoms with Crippen LogP contribution in [-0.2, 0) is 22.6 Å². The molecule has 1 aromatic heterocycles. The maximum Gasteiger partial charge on any atom is 0.228 e. The molecular formula is C21H24N2O3. The van der Waals surface area contributed by atoms with Gasteiger partial charge in [-0.05, 0) is 37.0 Å². The van der Waals surface area contributed by atoms with E-state index in [1.165, 1.54) is 5.56 Å². The Hall–Kier alpha value is -2.56. The topological polar surface area (TPSA) is 53.8 Å². The Balaban J connectivity index is 1.36. The lowest BCUT2D eigenvalue weighted by Crippen LogP contribution is -2.38. The van der Waals surface area contributed by atoms with Crippen molar-refractivity contribution in [3.8, 4) is 0 Å². The monoisotopic (exact) mass is 352 g/mol. The van der Waals surface area contributed by atoms with E-state index >= 15 is 0 Å². The van der Waals surface area contributed by atoms with Crippen LogP contribution in [0, 0.1) is 5.92 Å². The number of furan rings is 1. The van der Waals surface area contributed by atoms with Gasteiger partial charge in [0, 0.05) is 25.6 Å². The summed E-state index contributed by atoms with van der Waals surface area (Å²) < 4.78 is 5.41. The first-order valence-electron chi connectivity index (χ1n) is 9.35. The number of carbonyl (C=O) groups excluding carboxylic acids is 2. The van der Waals surface area contributed by atoms with Gasteiger partial charge in [0.05, 0.1) is 18.7 Å². The van der Waals surface area contributed by atoms with Crippen molar-refractivity contribution in [1.29, 1.82) is 0 Å². The van der Waals surface area contributed by atoms with Crippen LogP contribution < -0.4 is 0 Å². The smallest absolute Gasteiger partial charge is 0.228 e. The lowest BCUT2D eigenvalue weighted by atomic mass is 10.1. The summed E-state index contributed by atoms with van der Waals surface area (Å²) in [7, 11) is 0. The van der Waals surface area contributed by atoms with Gasteiger partial charge in [-0.15, -0.1) is 0 Å². The van der Waals surface area contributed by atoms with Crippen LogP contribution in [0.3, 0.4) is 0 Å². The Labute approximate surface area is 153 Å². The highest BCUT2D eigenvalue weighted by Gasteiger charge is 2.41. The van der Waals surface area contributed by atoms with E-state index in [4.69, 9.17) is 4.42 Å². The maximum absolute atomic E-state index is 13.0. The van der Waals surface area contributed by atoms with E-state index in [0.717, 1.165) is 25.0 Å². The molecule has 2 heterocycles. The number of likely N-dealkylation sites (tertiary alicyclic amines) is 1. The van der Waals surface area contributed by atoms with Gasteiger partial charge in [-0.2, -0.15) is 0 Å². The quantitative estimate of drug-likeness (QED) is 0.770. The fourth-order valence-electron chi connectivity index (χ4n) is 3.64. The molecule has 2 fully saturated rings. The summed E-state index contributed by atoms with van der Waals surface area (Å²) in [6, 6.07) is 14.2. The minimum atomic E-state index is -0.228. The Morgan fingerprint density at radius 2 is 1.96 bits per heavy atom. The highest BCUT2D eigenvalue weighted by molar-refractivity contribution is 5.89. The van der Waals surface area contributed by atoms with E-state index in [1.807, 2.05) is 40.1 Å². The second-order valence-electron chi connectivity index (χ2n) is 7.25. The number of benzene rings is 1. The molecule has 4 rings (SSSR count). The second kappa shape index (κ2) is 7.36. The zero-order valence-electron chi connectivity index (χ0n) is 14.8. The molecule has 1 aliphatic carbocycles. The van der Waals surface area contributed by atoms with Gasteiger partial charge in [-0.1, -0.05) is 30.3 Å². The van der Waals surface area contributed by atoms with E-state index in [9.17, 15) is 9.59 Å². The van der Waals surface area contributed by atoms with Gasteiger partial charge in [0.25, 0.3) is 0 Å². The molecule has 1 atom stereocenters. The van der Waals surface area contributed by atoms with Crippen LogP contribution >= 0.6 is 0 Å². The van der Waals surface area contributed by atoms with Crippen LogP contribution in [0.2, 0.25) is 0 Å². The van der Waals surface area contributed by atoms with Crippen LogP contribution in [-0.4, -0.2) is 40.7 Å². The van der Waals surface area contributed by atoms with Gasteiger partial charge >= 0.3 is 0 Å². The molecule has 2 aromatic rings. The molecule has 26 heavy (non-hydrogen) atoms. The number of nitrogens with zero attached hydrogens (tertiary/aromatic N) is 2. The summed E-state index contributed by atoms with van der Waals surface area (Å²) in [4.78, 5) is 29.2. The van der Waals surface area contributed by atoms with Crippen LogP contribution in [0.4, 0.5) is 0 Å². The molecule has 1 saturated heterocycles. The largest absolute Gasteiger partial charge is 0.467 e. The molecule has 0 spiro atoms. The molecule has 1 unspecified atom stereocenters. The standard InChI is InChI=1S/C21H24N2O3/c24-20-13-17(14-22(20)11-10-16-5-2-1-3-6-16)21(25)23(18-8-9-18)15-19-7-4-12-26-19/h1-7,12,17-18H,8-11,13-15H2. The predicted molar refractivity (Wildman–Crippen MR) is 97.1 cm³/mol. The van der Waals surface area contributed by atoms with Crippen LogP contribution in [0.25, 0.3) is 0 Å². The van der Waals surface area contributed by atoms with Gasteiger partial charge in [0.2, 0.25) is 11.8 Å². The van der Waals surface area contributed by atoms with E-state index in [1.54, 1.807) is 6.26 Å². The van der Waals surface area contributed by atoms with Crippen LogP contribution in [0.1, 0.15) is 30.6 Å². The number of carbonyl (C=O) groups is 2. The van der Waals surface area contributed by atoms with Crippen molar-refractivity contribution in [1.82, 2.24) is 9.80 Å². The zero-order chi connectivity index (χ0) is 17.9. The molecule has 5 nitrogen and oxygen atoms in total.